The number of para-hydroxylation sites is 1. The van der Waals surface area contributed by atoms with Gasteiger partial charge in [-0.25, -0.2) is 0 Å². The molecular formula is C6H7AsCrFO. The van der Waals surface area contributed by atoms with E-state index < -0.39 is 0 Å². The van der Waals surface area contributed by atoms with E-state index in [-0.39, 0.29) is 40.0 Å². The molecule has 55 valence electrons. The van der Waals surface area contributed by atoms with Gasteiger partial charge in [-0.1, -0.05) is 18.2 Å². The van der Waals surface area contributed by atoms with Gasteiger partial charge in [0.2, 0.25) is 0 Å². The Hall–Kier alpha value is 0.0409. The molecule has 0 aliphatic rings. The maximum atomic E-state index is 8.63. The number of halogens is 1. The molecule has 0 fully saturated rings. The van der Waals surface area contributed by atoms with Crippen molar-refractivity contribution in [1.29, 1.82) is 0 Å². The summed E-state index contributed by atoms with van der Waals surface area (Å²) in [6.45, 7) is 0. The number of rotatable bonds is 0. The Morgan fingerprint density at radius 1 is 1.00 bits per heavy atom. The van der Waals surface area contributed by atoms with Crippen LogP contribution in [-0.4, -0.2) is 23.1 Å². The Bertz CT molecular complexity index is 148. The number of hydrogen-bond acceptors (Lipinski definition) is 1. The van der Waals surface area contributed by atoms with Gasteiger partial charge in [0.15, 0.2) is 0 Å². The van der Waals surface area contributed by atoms with Crippen LogP contribution in [-0.2, 0) is 17.4 Å². The molecule has 1 nitrogen and oxygen atoms in total. The molecule has 0 bridgehead atoms. The summed E-state index contributed by atoms with van der Waals surface area (Å²) in [6.07, 6.45) is 0. The van der Waals surface area contributed by atoms with Crippen LogP contribution in [0.3, 0.4) is 0 Å². The smallest absolute Gasteiger partial charge is 0.115 e. The van der Waals surface area contributed by atoms with Gasteiger partial charge in [-0.15, -0.1) is 0 Å². The predicted molar refractivity (Wildman–Crippen MR) is 36.4 cm³/mol. The third kappa shape index (κ3) is 6.17. The Labute approximate surface area is 81.3 Å². The molecule has 3 radical (unpaired) electrons. The van der Waals surface area contributed by atoms with E-state index in [1.807, 2.05) is 6.07 Å². The van der Waals surface area contributed by atoms with Crippen molar-refractivity contribution in [3.8, 4) is 5.75 Å². The van der Waals surface area contributed by atoms with Gasteiger partial charge >= 0.3 is 0 Å². The fourth-order valence-corrected chi connectivity index (χ4v) is 0.428. The molecule has 0 aliphatic heterocycles. The summed E-state index contributed by atoms with van der Waals surface area (Å²) in [6, 6.07) is 8.71. The Balaban J connectivity index is -0.000000163. The van der Waals surface area contributed by atoms with Crippen LogP contribution in [0.1, 0.15) is 0 Å². The zero-order valence-corrected chi connectivity index (χ0v) is 8.25. The second-order valence-electron chi connectivity index (χ2n) is 1.34. The van der Waals surface area contributed by atoms with E-state index in [9.17, 15) is 0 Å². The van der Waals surface area contributed by atoms with Crippen LogP contribution >= 0.6 is 0 Å². The molecule has 0 unspecified atom stereocenters. The van der Waals surface area contributed by atoms with Gasteiger partial charge < -0.3 is 5.11 Å². The van der Waals surface area contributed by atoms with Crippen LogP contribution in [0, 0.1) is 0 Å². The van der Waals surface area contributed by atoms with E-state index in [1.165, 1.54) is 0 Å². The fourth-order valence-electron chi connectivity index (χ4n) is 0.428. The summed E-state index contributed by atoms with van der Waals surface area (Å²) in [4.78, 5) is 0. The number of hydrogen-bond donors (Lipinski definition) is 1. The van der Waals surface area contributed by atoms with Gasteiger partial charge in [-0.2, -0.15) is 0 Å². The van der Waals surface area contributed by atoms with Crippen molar-refractivity contribution in [2.75, 3.05) is 0 Å². The average molecular weight is 241 g/mol. The van der Waals surface area contributed by atoms with Crippen LogP contribution in [0.5, 0.6) is 5.75 Å². The summed E-state index contributed by atoms with van der Waals surface area (Å²) >= 11 is 0. The van der Waals surface area contributed by atoms with Crippen molar-refractivity contribution >= 4 is 18.0 Å². The normalized spacial score (nSPS) is 6.00. The van der Waals surface area contributed by atoms with Gasteiger partial charge in [0.25, 0.3) is 0 Å². The molecule has 0 aromatic heterocycles. The van der Waals surface area contributed by atoms with Crippen LogP contribution in [0.15, 0.2) is 30.3 Å². The summed E-state index contributed by atoms with van der Waals surface area (Å²) in [5, 5.41) is 8.63. The zero-order valence-electron chi connectivity index (χ0n) is 5.10. The van der Waals surface area contributed by atoms with Crippen molar-refractivity contribution in [2.24, 2.45) is 0 Å². The molecule has 0 atom stereocenters. The Morgan fingerprint density at radius 3 is 1.60 bits per heavy atom. The molecule has 10 heavy (non-hydrogen) atoms. The van der Waals surface area contributed by atoms with E-state index in [2.05, 4.69) is 0 Å². The third-order valence-electron chi connectivity index (χ3n) is 0.756. The molecule has 1 aromatic rings. The molecule has 0 spiro atoms. The first kappa shape index (κ1) is 16.6. The quantitative estimate of drug-likeness (QED) is 0.676. The number of benzene rings is 1. The summed E-state index contributed by atoms with van der Waals surface area (Å²) in [5.41, 5.74) is 0. The Morgan fingerprint density at radius 2 is 1.40 bits per heavy atom. The summed E-state index contributed by atoms with van der Waals surface area (Å²) in [7, 11) is 0. The van der Waals surface area contributed by atoms with Gasteiger partial charge in [-0.05, 0) is 12.1 Å². The van der Waals surface area contributed by atoms with Crippen LogP contribution < -0.4 is 0 Å². The largest absolute Gasteiger partial charge is 0.508 e. The minimum Gasteiger partial charge on any atom is -0.508 e. The average Bonchev–Trinajstić information content (AvgIpc) is 1.69. The molecule has 0 heterocycles. The predicted octanol–water partition coefficient (Wildman–Crippen LogP) is 1.16. The maximum absolute atomic E-state index is 8.63. The van der Waals surface area contributed by atoms with Gasteiger partial charge in [0.05, 0.1) is 0 Å². The molecule has 0 saturated carbocycles. The van der Waals surface area contributed by atoms with Crippen molar-refractivity contribution < 1.29 is 27.2 Å². The standard InChI is InChI=1S/C6H6O.As.Cr.FH/c7-6-4-2-1-3-5-6;;;/h1-5,7H;;;1H. The topological polar surface area (TPSA) is 20.2 Å². The van der Waals surface area contributed by atoms with E-state index >= 15 is 0 Å². The third-order valence-corrected chi connectivity index (χ3v) is 0.756. The van der Waals surface area contributed by atoms with Crippen molar-refractivity contribution in [3.63, 3.8) is 0 Å². The molecule has 4 heteroatoms. The van der Waals surface area contributed by atoms with E-state index in [0.29, 0.717) is 5.75 Å². The monoisotopic (exact) mass is 241 g/mol. The van der Waals surface area contributed by atoms with Crippen LogP contribution in [0.2, 0.25) is 0 Å². The SMILES string of the molecule is F.Oc1ccccc1.[As].[Cr]. The maximum Gasteiger partial charge on any atom is 0.115 e. The fraction of sp³-hybridized carbons (Fsp3) is 0. The van der Waals surface area contributed by atoms with Gasteiger partial charge in [0, 0.05) is 35.3 Å². The number of phenolic OH excluding ortho intramolecular Hbond substituents is 1. The molecular weight excluding hydrogens is 234 g/mol. The second kappa shape index (κ2) is 9.04. The van der Waals surface area contributed by atoms with Gasteiger partial charge in [0.1, 0.15) is 5.75 Å². The van der Waals surface area contributed by atoms with Crippen LogP contribution in [0.25, 0.3) is 0 Å². The number of aromatic hydroxyl groups is 1. The van der Waals surface area contributed by atoms with Crippen molar-refractivity contribution in [2.45, 2.75) is 0 Å². The molecule has 1 rings (SSSR count). The zero-order chi connectivity index (χ0) is 5.11. The first-order chi connectivity index (χ1) is 3.39. The minimum atomic E-state index is 0. The molecule has 0 saturated heterocycles. The minimum absolute atomic E-state index is 0. The van der Waals surface area contributed by atoms with E-state index in [4.69, 9.17) is 5.11 Å². The first-order valence-corrected chi connectivity index (χ1v) is 2.13. The second-order valence-corrected chi connectivity index (χ2v) is 1.34. The Kier molecular flexibility index (Phi) is 15.0. The molecule has 0 aliphatic carbocycles. The van der Waals surface area contributed by atoms with E-state index in [1.54, 1.807) is 24.3 Å². The first-order valence-electron chi connectivity index (χ1n) is 2.13. The number of phenols is 1. The summed E-state index contributed by atoms with van der Waals surface area (Å²) < 4.78 is 0. The van der Waals surface area contributed by atoms with E-state index in [0.717, 1.165) is 0 Å². The van der Waals surface area contributed by atoms with Crippen molar-refractivity contribution in [3.05, 3.63) is 30.3 Å². The summed E-state index contributed by atoms with van der Waals surface area (Å²) in [5.74, 6) is 0.322. The molecule has 1 N–H and O–H groups in total. The van der Waals surface area contributed by atoms with Crippen LogP contribution in [0.4, 0.5) is 4.70 Å². The van der Waals surface area contributed by atoms with Crippen molar-refractivity contribution in [1.82, 2.24) is 0 Å². The van der Waals surface area contributed by atoms with Gasteiger partial charge in [-0.3, -0.25) is 4.70 Å². The molecule has 0 amide bonds. The molecule has 1 aromatic carbocycles.